The van der Waals surface area contributed by atoms with Crippen LogP contribution in [-0.4, -0.2) is 21.9 Å². The van der Waals surface area contributed by atoms with Gasteiger partial charge in [-0.25, -0.2) is 5.43 Å². The van der Waals surface area contributed by atoms with Crippen molar-refractivity contribution in [1.82, 2.24) is 15.2 Å². The Bertz CT molecular complexity index is 872. The molecule has 0 fully saturated rings. The van der Waals surface area contributed by atoms with Crippen LogP contribution in [0.5, 0.6) is 0 Å². The largest absolute Gasteiger partial charge is 0.271 e. The zero-order valence-electron chi connectivity index (χ0n) is 12.3. The molecule has 24 heavy (non-hydrogen) atoms. The lowest BCUT2D eigenvalue weighted by molar-refractivity contribution is 0.0955. The molecule has 122 valence electrons. The van der Waals surface area contributed by atoms with Crippen molar-refractivity contribution < 1.29 is 9.18 Å². The first-order valence-electron chi connectivity index (χ1n) is 6.96. The van der Waals surface area contributed by atoms with Crippen LogP contribution >= 0.6 is 22.9 Å². The molecule has 0 aliphatic heterocycles. The van der Waals surface area contributed by atoms with Gasteiger partial charge < -0.3 is 0 Å². The number of amides is 1. The molecule has 5 nitrogen and oxygen atoms in total. The van der Waals surface area contributed by atoms with Crippen molar-refractivity contribution in [2.75, 3.05) is 0 Å². The van der Waals surface area contributed by atoms with Gasteiger partial charge >= 0.3 is 0 Å². The molecular formula is C16H12ClFN4OS. The number of hydrogen-bond acceptors (Lipinski definition) is 4. The lowest BCUT2D eigenvalue weighted by Crippen LogP contribution is -2.17. The summed E-state index contributed by atoms with van der Waals surface area (Å²) in [6.07, 6.45) is 4.70. The number of carbonyl (C=O) groups excluding carboxylic acids is 1. The number of thiophene rings is 1. The predicted molar refractivity (Wildman–Crippen MR) is 92.1 cm³/mol. The van der Waals surface area contributed by atoms with Crippen LogP contribution < -0.4 is 5.43 Å². The Labute approximate surface area is 146 Å². The van der Waals surface area contributed by atoms with Crippen LogP contribution in [-0.2, 0) is 6.54 Å². The van der Waals surface area contributed by atoms with E-state index in [0.717, 1.165) is 16.9 Å². The number of carbonyl (C=O) groups is 1. The van der Waals surface area contributed by atoms with E-state index >= 15 is 0 Å². The fraction of sp³-hybridized carbons (Fsp3) is 0.0625. The van der Waals surface area contributed by atoms with E-state index < -0.39 is 0 Å². The molecule has 1 amide bonds. The molecule has 0 saturated carbocycles. The van der Waals surface area contributed by atoms with Crippen molar-refractivity contribution in [3.05, 3.63) is 74.9 Å². The highest BCUT2D eigenvalue weighted by atomic mass is 35.5. The van der Waals surface area contributed by atoms with Gasteiger partial charge in [0.05, 0.1) is 28.9 Å². The van der Waals surface area contributed by atoms with E-state index in [9.17, 15) is 9.18 Å². The summed E-state index contributed by atoms with van der Waals surface area (Å²) in [6.45, 7) is 0.566. The third-order valence-electron chi connectivity index (χ3n) is 3.11. The maximum Gasteiger partial charge on any atom is 0.271 e. The quantitative estimate of drug-likeness (QED) is 0.557. The van der Waals surface area contributed by atoms with E-state index in [4.69, 9.17) is 11.6 Å². The Morgan fingerprint density at radius 2 is 2.12 bits per heavy atom. The van der Waals surface area contributed by atoms with Gasteiger partial charge in [-0.2, -0.15) is 14.6 Å². The van der Waals surface area contributed by atoms with Crippen LogP contribution in [0.1, 0.15) is 20.8 Å². The Balaban J connectivity index is 1.58. The first-order valence-corrected chi connectivity index (χ1v) is 8.15. The molecule has 8 heteroatoms. The molecule has 1 N–H and O–H groups in total. The van der Waals surface area contributed by atoms with Gasteiger partial charge in [0, 0.05) is 11.8 Å². The van der Waals surface area contributed by atoms with Gasteiger partial charge in [0.1, 0.15) is 0 Å². The van der Waals surface area contributed by atoms with E-state index in [1.807, 2.05) is 12.1 Å². The number of benzene rings is 1. The number of nitrogens with one attached hydrogen (secondary N) is 1. The van der Waals surface area contributed by atoms with Crippen molar-refractivity contribution in [3.8, 4) is 0 Å². The first kappa shape index (κ1) is 16.4. The van der Waals surface area contributed by atoms with E-state index in [1.165, 1.54) is 12.3 Å². The van der Waals surface area contributed by atoms with Gasteiger partial charge in [0.25, 0.3) is 5.91 Å². The fourth-order valence-corrected chi connectivity index (χ4v) is 2.75. The summed E-state index contributed by atoms with van der Waals surface area (Å²) in [7, 11) is 0. The molecule has 0 radical (unpaired) electrons. The van der Waals surface area contributed by atoms with Crippen LogP contribution in [0.4, 0.5) is 4.39 Å². The number of hydrogen-bond donors (Lipinski definition) is 1. The molecule has 0 aliphatic rings. The number of halogens is 2. The van der Waals surface area contributed by atoms with Gasteiger partial charge in [0.15, 0.2) is 5.13 Å². The second-order valence-electron chi connectivity index (χ2n) is 4.89. The van der Waals surface area contributed by atoms with Crippen molar-refractivity contribution in [2.24, 2.45) is 5.10 Å². The van der Waals surface area contributed by atoms with Gasteiger partial charge in [-0.1, -0.05) is 23.7 Å². The third-order valence-corrected chi connectivity index (χ3v) is 4.12. The minimum Gasteiger partial charge on any atom is -0.267 e. The average Bonchev–Trinajstić information content (AvgIpc) is 3.16. The molecule has 1 aromatic carbocycles. The molecule has 0 atom stereocenters. The highest BCUT2D eigenvalue weighted by Crippen LogP contribution is 2.12. The predicted octanol–water partition coefficient (Wildman–Crippen LogP) is 3.55. The van der Waals surface area contributed by atoms with E-state index in [1.54, 1.807) is 35.3 Å². The normalized spacial score (nSPS) is 11.1. The topological polar surface area (TPSA) is 59.3 Å². The molecule has 0 unspecified atom stereocenters. The first-order chi connectivity index (χ1) is 11.6. The van der Waals surface area contributed by atoms with Crippen molar-refractivity contribution >= 4 is 35.1 Å². The Hall–Kier alpha value is -2.51. The summed E-state index contributed by atoms with van der Waals surface area (Å²) in [4.78, 5) is 12.6. The monoisotopic (exact) mass is 362 g/mol. The zero-order chi connectivity index (χ0) is 16.9. The smallest absolute Gasteiger partial charge is 0.267 e. The Kier molecular flexibility index (Phi) is 5.02. The fourth-order valence-electron chi connectivity index (χ4n) is 1.99. The lowest BCUT2D eigenvalue weighted by atomic mass is 10.1. The number of hydrazone groups is 1. The number of nitrogens with zero attached hydrogens (tertiary/aromatic N) is 3. The summed E-state index contributed by atoms with van der Waals surface area (Å²) in [6, 6.07) is 10.0. The van der Waals surface area contributed by atoms with E-state index in [0.29, 0.717) is 22.0 Å². The average molecular weight is 363 g/mol. The number of aromatic nitrogens is 2. The Morgan fingerprint density at radius 3 is 2.75 bits per heavy atom. The van der Waals surface area contributed by atoms with Crippen LogP contribution in [0.25, 0.3) is 0 Å². The van der Waals surface area contributed by atoms with Gasteiger partial charge in [-0.3, -0.25) is 9.48 Å². The molecular weight excluding hydrogens is 351 g/mol. The highest BCUT2D eigenvalue weighted by Gasteiger charge is 2.05. The van der Waals surface area contributed by atoms with Crippen LogP contribution in [0, 0.1) is 5.13 Å². The van der Waals surface area contributed by atoms with Crippen molar-refractivity contribution in [1.29, 1.82) is 0 Å². The molecule has 0 saturated heterocycles. The lowest BCUT2D eigenvalue weighted by Gasteiger charge is -2.04. The standard InChI is InChI=1S/C16H12ClFN4OS/c17-13-7-20-22(10-13)9-11-1-3-12(4-2-11)16(23)21-19-8-14-5-6-15(18)24-14/h1-8,10H,9H2,(H,21,23)/b19-8-. The molecule has 0 aliphatic carbocycles. The maximum absolute atomic E-state index is 12.8. The molecule has 3 aromatic rings. The molecule has 2 heterocycles. The van der Waals surface area contributed by atoms with Crippen molar-refractivity contribution in [3.63, 3.8) is 0 Å². The van der Waals surface area contributed by atoms with Gasteiger partial charge in [-0.05, 0) is 29.8 Å². The summed E-state index contributed by atoms with van der Waals surface area (Å²) in [5, 5.41) is 8.20. The summed E-state index contributed by atoms with van der Waals surface area (Å²) in [5.74, 6) is -0.336. The molecule has 2 aromatic heterocycles. The molecule has 0 spiro atoms. The van der Waals surface area contributed by atoms with Crippen LogP contribution in [0.2, 0.25) is 5.02 Å². The van der Waals surface area contributed by atoms with Gasteiger partial charge in [0.2, 0.25) is 0 Å². The molecule has 0 bridgehead atoms. The van der Waals surface area contributed by atoms with Crippen molar-refractivity contribution in [2.45, 2.75) is 6.54 Å². The molecule has 3 rings (SSSR count). The summed E-state index contributed by atoms with van der Waals surface area (Å²) < 4.78 is 14.5. The minimum atomic E-state index is -0.336. The van der Waals surface area contributed by atoms with E-state index in [2.05, 4.69) is 15.6 Å². The SMILES string of the molecule is O=C(N/N=C\c1ccc(F)s1)c1ccc(Cn2cc(Cl)cn2)cc1. The second-order valence-corrected chi connectivity index (χ2v) is 6.40. The van der Waals surface area contributed by atoms with E-state index in [-0.39, 0.29) is 11.0 Å². The number of rotatable bonds is 5. The highest BCUT2D eigenvalue weighted by molar-refractivity contribution is 7.12. The maximum atomic E-state index is 12.8. The van der Waals surface area contributed by atoms with Crippen LogP contribution in [0.3, 0.4) is 0 Å². The zero-order valence-corrected chi connectivity index (χ0v) is 13.9. The third kappa shape index (κ3) is 4.27. The summed E-state index contributed by atoms with van der Waals surface area (Å²) >= 11 is 6.77. The minimum absolute atomic E-state index is 0.295. The van der Waals surface area contributed by atoms with Gasteiger partial charge in [-0.15, -0.1) is 11.3 Å². The Morgan fingerprint density at radius 1 is 1.33 bits per heavy atom. The summed E-state index contributed by atoms with van der Waals surface area (Å²) in [5.41, 5.74) is 3.88. The second kappa shape index (κ2) is 7.37. The van der Waals surface area contributed by atoms with Crippen LogP contribution in [0.15, 0.2) is 53.9 Å².